The van der Waals surface area contributed by atoms with E-state index in [9.17, 15) is 9.59 Å². The molecule has 1 rings (SSSR count). The van der Waals surface area contributed by atoms with Gasteiger partial charge in [0.2, 0.25) is 11.8 Å². The number of rotatable bonds is 7. The van der Waals surface area contributed by atoms with Crippen molar-refractivity contribution in [2.24, 2.45) is 5.73 Å². The van der Waals surface area contributed by atoms with Crippen LogP contribution in [-0.4, -0.2) is 17.9 Å². The first-order valence-corrected chi connectivity index (χ1v) is 6.19. The summed E-state index contributed by atoms with van der Waals surface area (Å²) in [5.74, 6) is -0.559. The summed E-state index contributed by atoms with van der Waals surface area (Å²) in [5, 5.41) is 2.86. The van der Waals surface area contributed by atoms with Gasteiger partial charge < -0.3 is 11.1 Å². The van der Waals surface area contributed by atoms with Crippen LogP contribution in [0.2, 0.25) is 0 Å². The highest BCUT2D eigenvalue weighted by molar-refractivity contribution is 5.82. The minimum atomic E-state index is -0.443. The van der Waals surface area contributed by atoms with Gasteiger partial charge in [0.1, 0.15) is 0 Å². The van der Waals surface area contributed by atoms with Crippen LogP contribution < -0.4 is 11.1 Å². The number of carbonyl (C=O) groups excluding carboxylic acids is 2. The lowest BCUT2D eigenvalue weighted by molar-refractivity contribution is -0.125. The maximum atomic E-state index is 11.5. The minimum Gasteiger partial charge on any atom is -0.370 e. The number of primary amides is 1. The first-order valence-electron chi connectivity index (χ1n) is 6.19. The van der Waals surface area contributed by atoms with E-state index in [-0.39, 0.29) is 24.8 Å². The normalized spacial score (nSPS) is 11.8. The number of nitrogens with one attached hydrogen (secondary N) is 1. The van der Waals surface area contributed by atoms with Crippen LogP contribution in [0.25, 0.3) is 0 Å². The molecule has 0 radical (unpaired) electrons. The molecule has 0 spiro atoms. The van der Waals surface area contributed by atoms with Gasteiger partial charge in [0.05, 0.1) is 0 Å². The zero-order valence-corrected chi connectivity index (χ0v) is 10.7. The van der Waals surface area contributed by atoms with E-state index in [0.29, 0.717) is 0 Å². The number of nitrogens with two attached hydrogens (primary N) is 1. The number of benzene rings is 1. The zero-order chi connectivity index (χ0) is 13.4. The van der Waals surface area contributed by atoms with Crippen molar-refractivity contribution in [1.82, 2.24) is 5.32 Å². The lowest BCUT2D eigenvalue weighted by Gasteiger charge is -2.13. The van der Waals surface area contributed by atoms with Gasteiger partial charge in [-0.2, -0.15) is 0 Å². The molecule has 0 saturated heterocycles. The fourth-order valence-electron chi connectivity index (χ4n) is 1.68. The molecule has 0 aliphatic carbocycles. The molecule has 4 nitrogen and oxygen atoms in total. The Bertz CT molecular complexity index is 390. The van der Waals surface area contributed by atoms with Gasteiger partial charge in [-0.15, -0.1) is 0 Å². The fraction of sp³-hybridized carbons (Fsp3) is 0.429. The van der Waals surface area contributed by atoms with E-state index < -0.39 is 5.91 Å². The van der Waals surface area contributed by atoms with E-state index in [1.165, 1.54) is 5.56 Å². The predicted octanol–water partition coefficient (Wildman–Crippen LogP) is 1.39. The summed E-state index contributed by atoms with van der Waals surface area (Å²) < 4.78 is 0. The summed E-state index contributed by atoms with van der Waals surface area (Å²) in [4.78, 5) is 22.0. The van der Waals surface area contributed by atoms with E-state index in [1.807, 2.05) is 25.1 Å². The molecule has 1 aromatic carbocycles. The van der Waals surface area contributed by atoms with Crippen molar-refractivity contribution in [2.45, 2.75) is 38.6 Å². The molecule has 1 aromatic rings. The average Bonchev–Trinajstić information content (AvgIpc) is 2.35. The Kier molecular flexibility index (Phi) is 5.91. The predicted molar refractivity (Wildman–Crippen MR) is 70.8 cm³/mol. The second-order valence-electron chi connectivity index (χ2n) is 4.46. The van der Waals surface area contributed by atoms with E-state index in [0.717, 1.165) is 12.8 Å². The number of carbonyl (C=O) groups is 2. The van der Waals surface area contributed by atoms with Crippen molar-refractivity contribution in [3.8, 4) is 0 Å². The van der Waals surface area contributed by atoms with Gasteiger partial charge in [-0.3, -0.25) is 9.59 Å². The first kappa shape index (κ1) is 14.2. The van der Waals surface area contributed by atoms with Crippen molar-refractivity contribution in [3.05, 3.63) is 35.9 Å². The Balaban J connectivity index is 2.23. The van der Waals surface area contributed by atoms with E-state index >= 15 is 0 Å². The second-order valence-corrected chi connectivity index (χ2v) is 4.46. The third-order valence-corrected chi connectivity index (χ3v) is 2.71. The summed E-state index contributed by atoms with van der Waals surface area (Å²) in [6, 6.07) is 10.2. The zero-order valence-electron chi connectivity index (χ0n) is 10.7. The minimum absolute atomic E-state index is 0.102. The molecule has 18 heavy (non-hydrogen) atoms. The lowest BCUT2D eigenvalue weighted by Crippen LogP contribution is -2.33. The highest BCUT2D eigenvalue weighted by Gasteiger charge is 2.08. The number of amides is 2. The van der Waals surface area contributed by atoms with Crippen molar-refractivity contribution in [1.29, 1.82) is 0 Å². The molecular weight excluding hydrogens is 228 g/mol. The monoisotopic (exact) mass is 248 g/mol. The number of hydrogen-bond donors (Lipinski definition) is 2. The Labute approximate surface area is 108 Å². The highest BCUT2D eigenvalue weighted by Crippen LogP contribution is 2.05. The van der Waals surface area contributed by atoms with Gasteiger partial charge >= 0.3 is 0 Å². The second kappa shape index (κ2) is 7.48. The van der Waals surface area contributed by atoms with Gasteiger partial charge in [-0.1, -0.05) is 30.3 Å². The highest BCUT2D eigenvalue weighted by atomic mass is 16.2. The molecule has 0 fully saturated rings. The average molecular weight is 248 g/mol. The van der Waals surface area contributed by atoms with Crippen LogP contribution in [0, 0.1) is 0 Å². The van der Waals surface area contributed by atoms with Crippen LogP contribution in [0.1, 0.15) is 31.7 Å². The molecule has 1 atom stereocenters. The maximum Gasteiger partial charge on any atom is 0.220 e. The molecule has 98 valence electrons. The smallest absolute Gasteiger partial charge is 0.220 e. The Morgan fingerprint density at radius 3 is 2.50 bits per heavy atom. The molecule has 0 aromatic heterocycles. The largest absolute Gasteiger partial charge is 0.370 e. The van der Waals surface area contributed by atoms with Crippen LogP contribution >= 0.6 is 0 Å². The Hall–Kier alpha value is -1.84. The molecule has 0 aliphatic rings. The van der Waals surface area contributed by atoms with Crippen molar-refractivity contribution < 1.29 is 9.59 Å². The summed E-state index contributed by atoms with van der Waals surface area (Å²) in [5.41, 5.74) is 6.25. The van der Waals surface area contributed by atoms with Crippen LogP contribution in [0.4, 0.5) is 0 Å². The van der Waals surface area contributed by atoms with Crippen LogP contribution in [0.15, 0.2) is 30.3 Å². The van der Waals surface area contributed by atoms with E-state index in [4.69, 9.17) is 5.73 Å². The summed E-state index contributed by atoms with van der Waals surface area (Å²) in [7, 11) is 0. The number of hydrogen-bond acceptors (Lipinski definition) is 2. The molecule has 0 bridgehead atoms. The third-order valence-electron chi connectivity index (χ3n) is 2.71. The Morgan fingerprint density at radius 2 is 1.89 bits per heavy atom. The summed E-state index contributed by atoms with van der Waals surface area (Å²) in [6.45, 7) is 1.96. The van der Waals surface area contributed by atoms with Crippen LogP contribution in [0.5, 0.6) is 0 Å². The summed E-state index contributed by atoms with van der Waals surface area (Å²) >= 11 is 0. The van der Waals surface area contributed by atoms with Crippen molar-refractivity contribution in [3.63, 3.8) is 0 Å². The van der Waals surface area contributed by atoms with Crippen LogP contribution in [0.3, 0.4) is 0 Å². The third kappa shape index (κ3) is 6.03. The van der Waals surface area contributed by atoms with Gasteiger partial charge in [0.25, 0.3) is 0 Å². The quantitative estimate of drug-likeness (QED) is 0.765. The SMILES string of the molecule is CC(CCc1ccccc1)NC(=O)CCC(N)=O. The van der Waals surface area contributed by atoms with Gasteiger partial charge in [0.15, 0.2) is 0 Å². The van der Waals surface area contributed by atoms with Crippen molar-refractivity contribution >= 4 is 11.8 Å². The lowest BCUT2D eigenvalue weighted by atomic mass is 10.1. The molecular formula is C14H20N2O2. The first-order chi connectivity index (χ1) is 8.58. The topological polar surface area (TPSA) is 72.2 Å². The van der Waals surface area contributed by atoms with Gasteiger partial charge in [-0.05, 0) is 25.3 Å². The maximum absolute atomic E-state index is 11.5. The number of aryl methyl sites for hydroxylation is 1. The molecule has 1 unspecified atom stereocenters. The van der Waals surface area contributed by atoms with Gasteiger partial charge in [-0.25, -0.2) is 0 Å². The van der Waals surface area contributed by atoms with Crippen LogP contribution in [-0.2, 0) is 16.0 Å². The Morgan fingerprint density at radius 1 is 1.22 bits per heavy atom. The summed E-state index contributed by atoms with van der Waals surface area (Å²) in [6.07, 6.45) is 2.09. The molecule has 3 N–H and O–H groups in total. The van der Waals surface area contributed by atoms with E-state index in [2.05, 4.69) is 17.4 Å². The molecule has 4 heteroatoms. The molecule has 0 heterocycles. The van der Waals surface area contributed by atoms with Gasteiger partial charge in [0, 0.05) is 18.9 Å². The molecule has 2 amide bonds. The standard InChI is InChI=1S/C14H20N2O2/c1-11(16-14(18)10-9-13(15)17)7-8-12-5-3-2-4-6-12/h2-6,11H,7-10H2,1H3,(H2,15,17)(H,16,18). The fourth-order valence-corrected chi connectivity index (χ4v) is 1.68. The van der Waals surface area contributed by atoms with E-state index in [1.54, 1.807) is 0 Å². The molecule has 0 saturated carbocycles. The molecule has 0 aliphatic heterocycles. The van der Waals surface area contributed by atoms with Crippen molar-refractivity contribution in [2.75, 3.05) is 0 Å².